The quantitative estimate of drug-likeness (QED) is 0.857. The van der Waals surface area contributed by atoms with E-state index in [1.165, 1.54) is 13.2 Å². The maximum absolute atomic E-state index is 14.0. The minimum atomic E-state index is -1.28. The Morgan fingerprint density at radius 2 is 2.04 bits per heavy atom. The van der Waals surface area contributed by atoms with Gasteiger partial charge in [0.2, 0.25) is 0 Å². The van der Waals surface area contributed by atoms with Crippen LogP contribution in [0.25, 0.3) is 0 Å². The lowest BCUT2D eigenvalue weighted by Crippen LogP contribution is -2.36. The number of ether oxygens (including phenoxy) is 1. The molecule has 1 amide bonds. The highest BCUT2D eigenvalue weighted by atomic mass is 19.1. The molecule has 24 heavy (non-hydrogen) atoms. The van der Waals surface area contributed by atoms with E-state index in [0.29, 0.717) is 23.4 Å². The van der Waals surface area contributed by atoms with E-state index in [-0.39, 0.29) is 11.2 Å². The highest BCUT2D eigenvalue weighted by Crippen LogP contribution is 2.48. The third kappa shape index (κ3) is 3.26. The van der Waals surface area contributed by atoms with Crippen LogP contribution in [0.3, 0.4) is 0 Å². The van der Waals surface area contributed by atoms with Crippen LogP contribution in [-0.4, -0.2) is 24.7 Å². The van der Waals surface area contributed by atoms with Gasteiger partial charge in [-0.1, -0.05) is 30.3 Å². The summed E-state index contributed by atoms with van der Waals surface area (Å²) >= 11 is 0. The number of carbonyl (C=O) groups is 1. The van der Waals surface area contributed by atoms with Gasteiger partial charge in [-0.15, -0.1) is 0 Å². The molecule has 3 rings (SSSR count). The molecule has 0 saturated heterocycles. The summed E-state index contributed by atoms with van der Waals surface area (Å²) in [7, 11) is 1.52. The summed E-state index contributed by atoms with van der Waals surface area (Å²) in [5.74, 6) is -0.173. The average molecular weight is 329 g/mol. The molecule has 1 atom stereocenters. The molecule has 5 heteroatoms. The minimum Gasteiger partial charge on any atom is -0.497 e. The molecule has 4 nitrogen and oxygen atoms in total. The summed E-state index contributed by atoms with van der Waals surface area (Å²) < 4.78 is 19.1. The van der Waals surface area contributed by atoms with Crippen molar-refractivity contribution in [3.8, 4) is 5.75 Å². The molecule has 0 heterocycles. The number of aliphatic hydroxyl groups is 1. The van der Waals surface area contributed by atoms with Crippen LogP contribution in [0.5, 0.6) is 5.75 Å². The number of carbonyl (C=O) groups excluding carboxylic acids is 1. The molecule has 0 spiro atoms. The lowest BCUT2D eigenvalue weighted by atomic mass is 9.95. The number of aliphatic hydroxyl groups excluding tert-OH is 1. The van der Waals surface area contributed by atoms with Crippen LogP contribution in [-0.2, 0) is 10.2 Å². The van der Waals surface area contributed by atoms with Gasteiger partial charge < -0.3 is 15.2 Å². The van der Waals surface area contributed by atoms with Crippen LogP contribution in [0.4, 0.5) is 4.39 Å². The topological polar surface area (TPSA) is 58.6 Å². The van der Waals surface area contributed by atoms with Crippen LogP contribution >= 0.6 is 0 Å². The van der Waals surface area contributed by atoms with Crippen molar-refractivity contribution in [3.05, 3.63) is 65.5 Å². The first kappa shape index (κ1) is 16.5. The normalized spacial score (nSPS) is 16.3. The van der Waals surface area contributed by atoms with Crippen LogP contribution in [0.15, 0.2) is 48.5 Å². The minimum absolute atomic E-state index is 0.252. The molecule has 0 aromatic heterocycles. The van der Waals surface area contributed by atoms with Gasteiger partial charge in [-0.2, -0.15) is 0 Å². The molecule has 0 bridgehead atoms. The first-order valence-electron chi connectivity index (χ1n) is 7.90. The van der Waals surface area contributed by atoms with Crippen molar-refractivity contribution in [1.82, 2.24) is 5.32 Å². The van der Waals surface area contributed by atoms with Crippen LogP contribution in [0.2, 0.25) is 0 Å². The Balaban J connectivity index is 1.66. The summed E-state index contributed by atoms with van der Waals surface area (Å²) in [4.78, 5) is 12.2. The Hall–Kier alpha value is -2.40. The number of halogens is 1. The molecule has 0 radical (unpaired) electrons. The summed E-state index contributed by atoms with van der Waals surface area (Å²) in [5, 5.41) is 13.0. The van der Waals surface area contributed by atoms with E-state index in [9.17, 15) is 14.3 Å². The van der Waals surface area contributed by atoms with Crippen molar-refractivity contribution in [2.24, 2.45) is 0 Å². The molecule has 2 aromatic rings. The lowest BCUT2D eigenvalue weighted by molar-refractivity contribution is -0.129. The van der Waals surface area contributed by atoms with Gasteiger partial charge in [-0.05, 0) is 42.2 Å². The smallest absolute Gasteiger partial charge is 0.253 e. The molecular formula is C19H20FNO3. The van der Waals surface area contributed by atoms with E-state index >= 15 is 0 Å². The zero-order valence-corrected chi connectivity index (χ0v) is 13.5. The standard InChI is InChI=1S/C19H20FNO3/c1-24-14-6-4-5-13(11-14)17(22)18(23)21-12-19(9-10-19)15-7-2-3-8-16(15)20/h2-8,11,17,22H,9-10,12H2,1H3,(H,21,23)/t17-/m1/s1. The second-order valence-corrected chi connectivity index (χ2v) is 6.16. The highest BCUT2D eigenvalue weighted by molar-refractivity contribution is 5.82. The molecule has 2 aromatic carbocycles. The van der Waals surface area contributed by atoms with E-state index in [4.69, 9.17) is 4.74 Å². The number of amides is 1. The maximum atomic E-state index is 14.0. The van der Waals surface area contributed by atoms with Gasteiger partial charge in [0.05, 0.1) is 7.11 Å². The maximum Gasteiger partial charge on any atom is 0.253 e. The van der Waals surface area contributed by atoms with Gasteiger partial charge >= 0.3 is 0 Å². The van der Waals surface area contributed by atoms with Gasteiger partial charge in [0.25, 0.3) is 5.91 Å². The van der Waals surface area contributed by atoms with Crippen molar-refractivity contribution in [2.75, 3.05) is 13.7 Å². The molecule has 1 aliphatic rings. The Kier molecular flexibility index (Phi) is 4.53. The van der Waals surface area contributed by atoms with Gasteiger partial charge in [0.1, 0.15) is 11.6 Å². The van der Waals surface area contributed by atoms with Crippen molar-refractivity contribution in [1.29, 1.82) is 0 Å². The van der Waals surface area contributed by atoms with Gasteiger partial charge in [-0.25, -0.2) is 4.39 Å². The fraction of sp³-hybridized carbons (Fsp3) is 0.316. The van der Waals surface area contributed by atoms with E-state index in [0.717, 1.165) is 12.8 Å². The fourth-order valence-corrected chi connectivity index (χ4v) is 2.90. The molecule has 2 N–H and O–H groups in total. The first-order chi connectivity index (χ1) is 11.6. The highest BCUT2D eigenvalue weighted by Gasteiger charge is 2.46. The van der Waals surface area contributed by atoms with E-state index in [1.54, 1.807) is 42.5 Å². The predicted molar refractivity (Wildman–Crippen MR) is 88.3 cm³/mol. The summed E-state index contributed by atoms with van der Waals surface area (Å²) in [6.07, 6.45) is 0.365. The van der Waals surface area contributed by atoms with Crippen LogP contribution < -0.4 is 10.1 Å². The molecule has 1 saturated carbocycles. The molecule has 0 unspecified atom stereocenters. The van der Waals surface area contributed by atoms with Crippen LogP contribution in [0.1, 0.15) is 30.1 Å². The number of hydrogen-bond acceptors (Lipinski definition) is 3. The van der Waals surface area contributed by atoms with Crippen molar-refractivity contribution >= 4 is 5.91 Å². The number of benzene rings is 2. The Bertz CT molecular complexity index is 743. The third-order valence-electron chi connectivity index (χ3n) is 4.56. The summed E-state index contributed by atoms with van der Waals surface area (Å²) in [6.45, 7) is 0.313. The monoisotopic (exact) mass is 329 g/mol. The second-order valence-electron chi connectivity index (χ2n) is 6.16. The van der Waals surface area contributed by atoms with Crippen molar-refractivity contribution < 1.29 is 19.0 Å². The predicted octanol–water partition coefficient (Wildman–Crippen LogP) is 2.72. The van der Waals surface area contributed by atoms with Crippen LogP contribution in [0, 0.1) is 5.82 Å². The van der Waals surface area contributed by atoms with E-state index in [1.807, 2.05) is 0 Å². The lowest BCUT2D eigenvalue weighted by Gasteiger charge is -2.19. The zero-order valence-electron chi connectivity index (χ0n) is 13.5. The molecular weight excluding hydrogens is 309 g/mol. The van der Waals surface area contributed by atoms with E-state index in [2.05, 4.69) is 5.32 Å². The number of rotatable bonds is 6. The van der Waals surface area contributed by atoms with Crippen molar-refractivity contribution in [3.63, 3.8) is 0 Å². The Labute approximate surface area is 140 Å². The SMILES string of the molecule is COc1cccc([C@@H](O)C(=O)NCC2(c3ccccc3F)CC2)c1. The molecule has 0 aliphatic heterocycles. The van der Waals surface area contributed by atoms with Crippen molar-refractivity contribution in [2.45, 2.75) is 24.4 Å². The molecule has 126 valence electrons. The molecule has 1 aliphatic carbocycles. The molecule has 1 fully saturated rings. The number of hydrogen-bond donors (Lipinski definition) is 2. The average Bonchev–Trinajstić information content (AvgIpc) is 3.40. The largest absolute Gasteiger partial charge is 0.497 e. The van der Waals surface area contributed by atoms with E-state index < -0.39 is 12.0 Å². The number of nitrogens with one attached hydrogen (secondary N) is 1. The van der Waals surface area contributed by atoms with Gasteiger partial charge in [0, 0.05) is 12.0 Å². The first-order valence-corrected chi connectivity index (χ1v) is 7.90. The fourth-order valence-electron chi connectivity index (χ4n) is 2.90. The zero-order chi connectivity index (χ0) is 17.2. The van der Waals surface area contributed by atoms with Gasteiger partial charge in [0.15, 0.2) is 6.10 Å². The second kappa shape index (κ2) is 6.61. The summed E-state index contributed by atoms with van der Waals surface area (Å²) in [5.41, 5.74) is 0.735. The number of methoxy groups -OCH3 is 1. The summed E-state index contributed by atoms with van der Waals surface area (Å²) in [6, 6.07) is 13.4. The third-order valence-corrected chi connectivity index (χ3v) is 4.56. The van der Waals surface area contributed by atoms with Gasteiger partial charge in [-0.3, -0.25) is 4.79 Å². The Morgan fingerprint density at radius 3 is 2.71 bits per heavy atom. The Morgan fingerprint density at radius 1 is 1.29 bits per heavy atom.